The van der Waals surface area contributed by atoms with E-state index in [1.807, 2.05) is 0 Å². The standard InChI is InChI=1S/C11H21N.ClH/c1-9(12)11-6-2-4-10(8-11)5-3-7-11;/h9-10H,2-8,12H2,1H3;1H. The average molecular weight is 204 g/mol. The fourth-order valence-electron chi connectivity index (χ4n) is 3.38. The van der Waals surface area contributed by atoms with Gasteiger partial charge in [0.2, 0.25) is 0 Å². The summed E-state index contributed by atoms with van der Waals surface area (Å²) in [6.07, 6.45) is 10.1. The smallest absolute Gasteiger partial charge is 0.00671 e. The van der Waals surface area contributed by atoms with Gasteiger partial charge in [-0.15, -0.1) is 12.4 Å². The molecule has 2 heteroatoms. The summed E-state index contributed by atoms with van der Waals surface area (Å²) in [4.78, 5) is 0. The molecule has 0 aromatic rings. The van der Waals surface area contributed by atoms with Crippen LogP contribution in [0, 0.1) is 11.3 Å². The molecule has 0 aromatic carbocycles. The Hall–Kier alpha value is 0.250. The first-order chi connectivity index (χ1) is 5.73. The molecule has 1 unspecified atom stereocenters. The molecule has 2 aliphatic carbocycles. The van der Waals surface area contributed by atoms with Gasteiger partial charge < -0.3 is 5.73 Å². The Balaban J connectivity index is 0.000000845. The Bertz CT molecular complexity index is 157. The van der Waals surface area contributed by atoms with Crippen LogP contribution in [-0.2, 0) is 0 Å². The molecule has 1 nitrogen and oxygen atoms in total. The van der Waals surface area contributed by atoms with Crippen LogP contribution in [0.25, 0.3) is 0 Å². The molecule has 2 saturated carbocycles. The Morgan fingerprint density at radius 1 is 1.23 bits per heavy atom. The van der Waals surface area contributed by atoms with Gasteiger partial charge in [0.1, 0.15) is 0 Å². The first-order valence-corrected chi connectivity index (χ1v) is 5.48. The Labute approximate surface area is 87.9 Å². The zero-order valence-corrected chi connectivity index (χ0v) is 9.41. The molecular weight excluding hydrogens is 182 g/mol. The van der Waals surface area contributed by atoms with Gasteiger partial charge in [0.05, 0.1) is 0 Å². The van der Waals surface area contributed by atoms with Crippen molar-refractivity contribution in [2.24, 2.45) is 17.1 Å². The topological polar surface area (TPSA) is 26.0 Å². The highest BCUT2D eigenvalue weighted by Gasteiger charge is 2.41. The first-order valence-electron chi connectivity index (χ1n) is 5.48. The monoisotopic (exact) mass is 203 g/mol. The fraction of sp³-hybridized carbons (Fsp3) is 1.00. The second kappa shape index (κ2) is 4.18. The predicted octanol–water partition coefficient (Wildman–Crippen LogP) is 3.12. The molecule has 0 saturated heterocycles. The van der Waals surface area contributed by atoms with Gasteiger partial charge in [-0.2, -0.15) is 0 Å². The quantitative estimate of drug-likeness (QED) is 0.697. The molecule has 2 fully saturated rings. The Kier molecular flexibility index (Phi) is 3.64. The molecule has 2 N–H and O–H groups in total. The maximum Gasteiger partial charge on any atom is 0.00671 e. The van der Waals surface area contributed by atoms with Gasteiger partial charge in [0.15, 0.2) is 0 Å². The van der Waals surface area contributed by atoms with Gasteiger partial charge in [0.25, 0.3) is 0 Å². The zero-order valence-electron chi connectivity index (χ0n) is 8.59. The summed E-state index contributed by atoms with van der Waals surface area (Å²) >= 11 is 0. The van der Waals surface area contributed by atoms with E-state index in [0.29, 0.717) is 11.5 Å². The van der Waals surface area contributed by atoms with E-state index in [1.165, 1.54) is 44.9 Å². The van der Waals surface area contributed by atoms with Crippen LogP contribution in [0.4, 0.5) is 0 Å². The largest absolute Gasteiger partial charge is 0.327 e. The number of rotatable bonds is 1. The Morgan fingerprint density at radius 3 is 2.15 bits per heavy atom. The molecule has 0 aliphatic heterocycles. The van der Waals surface area contributed by atoms with E-state index >= 15 is 0 Å². The SMILES string of the molecule is CC(N)C12CCCC(CCC1)C2.Cl. The van der Waals surface area contributed by atoms with Gasteiger partial charge in [-0.05, 0) is 37.5 Å². The van der Waals surface area contributed by atoms with Crippen LogP contribution in [-0.4, -0.2) is 6.04 Å². The van der Waals surface area contributed by atoms with Crippen molar-refractivity contribution in [1.82, 2.24) is 0 Å². The first kappa shape index (κ1) is 11.3. The average Bonchev–Trinajstić information content (AvgIpc) is 2.04. The summed E-state index contributed by atoms with van der Waals surface area (Å²) in [5.74, 6) is 1.03. The molecule has 0 amide bonds. The summed E-state index contributed by atoms with van der Waals surface area (Å²) in [5, 5.41) is 0. The van der Waals surface area contributed by atoms with E-state index in [0.717, 1.165) is 5.92 Å². The summed E-state index contributed by atoms with van der Waals surface area (Å²) in [7, 11) is 0. The lowest BCUT2D eigenvalue weighted by Gasteiger charge is -2.47. The van der Waals surface area contributed by atoms with Crippen molar-refractivity contribution < 1.29 is 0 Å². The van der Waals surface area contributed by atoms with Crippen molar-refractivity contribution in [3.8, 4) is 0 Å². The molecule has 0 aromatic heterocycles. The minimum Gasteiger partial charge on any atom is -0.327 e. The van der Waals surface area contributed by atoms with Crippen LogP contribution < -0.4 is 5.73 Å². The number of nitrogens with two attached hydrogens (primary N) is 1. The van der Waals surface area contributed by atoms with Crippen molar-refractivity contribution >= 4 is 12.4 Å². The molecule has 0 heterocycles. The van der Waals surface area contributed by atoms with Crippen molar-refractivity contribution in [1.29, 1.82) is 0 Å². The maximum atomic E-state index is 6.11. The molecule has 2 bridgehead atoms. The van der Waals surface area contributed by atoms with Crippen LogP contribution in [0.5, 0.6) is 0 Å². The highest BCUT2D eigenvalue weighted by Crippen LogP contribution is 2.50. The van der Waals surface area contributed by atoms with Gasteiger partial charge in [0, 0.05) is 6.04 Å². The van der Waals surface area contributed by atoms with Crippen molar-refractivity contribution in [3.05, 3.63) is 0 Å². The third-order valence-corrected chi connectivity index (χ3v) is 4.24. The summed E-state index contributed by atoms with van der Waals surface area (Å²) in [6, 6.07) is 0.431. The van der Waals surface area contributed by atoms with Gasteiger partial charge >= 0.3 is 0 Å². The molecule has 2 rings (SSSR count). The van der Waals surface area contributed by atoms with E-state index in [2.05, 4.69) is 6.92 Å². The molecule has 0 spiro atoms. The molecule has 1 atom stereocenters. The van der Waals surface area contributed by atoms with Crippen LogP contribution in [0.15, 0.2) is 0 Å². The lowest BCUT2D eigenvalue weighted by molar-refractivity contribution is 0.0565. The molecular formula is C11H22ClN. The molecule has 2 aliphatic rings. The van der Waals surface area contributed by atoms with Crippen LogP contribution in [0.2, 0.25) is 0 Å². The van der Waals surface area contributed by atoms with Crippen LogP contribution >= 0.6 is 12.4 Å². The third kappa shape index (κ3) is 2.02. The van der Waals surface area contributed by atoms with Gasteiger partial charge in [-0.25, -0.2) is 0 Å². The van der Waals surface area contributed by atoms with E-state index < -0.39 is 0 Å². The highest BCUT2D eigenvalue weighted by atomic mass is 35.5. The lowest BCUT2D eigenvalue weighted by Crippen LogP contribution is -2.45. The normalized spacial score (nSPS) is 40.6. The van der Waals surface area contributed by atoms with E-state index in [4.69, 9.17) is 5.73 Å². The van der Waals surface area contributed by atoms with Crippen LogP contribution in [0.3, 0.4) is 0 Å². The van der Waals surface area contributed by atoms with Crippen molar-refractivity contribution in [2.75, 3.05) is 0 Å². The predicted molar refractivity (Wildman–Crippen MR) is 59.1 cm³/mol. The number of hydrogen-bond donors (Lipinski definition) is 1. The van der Waals surface area contributed by atoms with Crippen molar-refractivity contribution in [3.63, 3.8) is 0 Å². The third-order valence-electron chi connectivity index (χ3n) is 4.24. The minimum atomic E-state index is 0. The highest BCUT2D eigenvalue weighted by molar-refractivity contribution is 5.85. The van der Waals surface area contributed by atoms with E-state index in [-0.39, 0.29) is 12.4 Å². The Morgan fingerprint density at radius 2 is 1.77 bits per heavy atom. The number of hydrogen-bond acceptors (Lipinski definition) is 1. The molecule has 0 radical (unpaired) electrons. The molecule has 78 valence electrons. The summed E-state index contributed by atoms with van der Waals surface area (Å²) in [6.45, 7) is 2.22. The fourth-order valence-corrected chi connectivity index (χ4v) is 3.38. The van der Waals surface area contributed by atoms with E-state index in [1.54, 1.807) is 0 Å². The van der Waals surface area contributed by atoms with Crippen LogP contribution in [0.1, 0.15) is 51.9 Å². The van der Waals surface area contributed by atoms with Gasteiger partial charge in [-0.1, -0.05) is 25.7 Å². The summed E-state index contributed by atoms with van der Waals surface area (Å²) in [5.41, 5.74) is 6.67. The minimum absolute atomic E-state index is 0. The summed E-state index contributed by atoms with van der Waals surface area (Å²) < 4.78 is 0. The molecule has 13 heavy (non-hydrogen) atoms. The van der Waals surface area contributed by atoms with Gasteiger partial charge in [-0.3, -0.25) is 0 Å². The second-order valence-corrected chi connectivity index (χ2v) is 5.01. The zero-order chi connectivity index (χ0) is 8.60. The number of fused-ring (bicyclic) bond motifs is 2. The van der Waals surface area contributed by atoms with E-state index in [9.17, 15) is 0 Å². The lowest BCUT2D eigenvalue weighted by atomic mass is 9.59. The van der Waals surface area contributed by atoms with Crippen molar-refractivity contribution in [2.45, 2.75) is 57.9 Å². The second-order valence-electron chi connectivity index (χ2n) is 5.01. The maximum absolute atomic E-state index is 6.11. The number of halogens is 1.